The lowest BCUT2D eigenvalue weighted by molar-refractivity contribution is 0.593. The minimum atomic E-state index is -2.76. The maximum atomic E-state index is 15.1. The predicted octanol–water partition coefficient (Wildman–Crippen LogP) is 3.42. The Bertz CT molecular complexity index is 1360. The van der Waals surface area contributed by atoms with Gasteiger partial charge in [-0.25, -0.2) is 17.5 Å². The Balaban J connectivity index is 1.96. The number of aryl methyl sites for hydroxylation is 1. The molecule has 1 aromatic heterocycles. The van der Waals surface area contributed by atoms with Crippen molar-refractivity contribution >= 4 is 28.2 Å². The third kappa shape index (κ3) is 4.39. The second-order valence-corrected chi connectivity index (χ2v) is 8.92. The fourth-order valence-electron chi connectivity index (χ4n) is 3.90. The van der Waals surface area contributed by atoms with Gasteiger partial charge in [-0.15, -0.1) is 0 Å². The zero-order valence-electron chi connectivity index (χ0n) is 17.4. The van der Waals surface area contributed by atoms with Gasteiger partial charge in [-0.3, -0.25) is 9.79 Å². The van der Waals surface area contributed by atoms with Crippen LogP contribution in [-0.2, 0) is 24.4 Å². The maximum Gasteiger partial charge on any atom is 0.250 e. The first-order valence-electron chi connectivity index (χ1n) is 10.00. The molecular weight excluding hydrogens is 453 g/mol. The molecule has 0 saturated heterocycles. The van der Waals surface area contributed by atoms with Gasteiger partial charge in [-0.2, -0.15) is 0 Å². The Morgan fingerprint density at radius 3 is 2.53 bits per heavy atom. The normalized spacial score (nSPS) is 15.2. The number of halogens is 2. The van der Waals surface area contributed by atoms with Crippen molar-refractivity contribution in [3.05, 3.63) is 92.1 Å². The average Bonchev–Trinajstić information content (AvgIpc) is 2.84. The highest BCUT2D eigenvalue weighted by atomic mass is 35.5. The van der Waals surface area contributed by atoms with Gasteiger partial charge in [-0.05, 0) is 54.3 Å². The number of pyridine rings is 1. The average molecular weight is 474 g/mol. The summed E-state index contributed by atoms with van der Waals surface area (Å²) in [5, 5.41) is 0.577. The number of aromatic nitrogens is 1. The van der Waals surface area contributed by atoms with Crippen molar-refractivity contribution in [1.29, 1.82) is 0 Å². The molecule has 1 N–H and O–H groups in total. The van der Waals surface area contributed by atoms with Crippen molar-refractivity contribution in [3.63, 3.8) is 0 Å². The van der Waals surface area contributed by atoms with E-state index in [0.29, 0.717) is 21.9 Å². The molecule has 0 aliphatic carbocycles. The van der Waals surface area contributed by atoms with Crippen LogP contribution >= 0.6 is 11.6 Å². The number of fused-ring (bicyclic) bond motifs is 3. The molecule has 6 nitrogen and oxygen atoms in total. The molecule has 32 heavy (non-hydrogen) atoms. The monoisotopic (exact) mass is 473 g/mol. The van der Waals surface area contributed by atoms with Crippen LogP contribution in [0.3, 0.4) is 0 Å². The summed E-state index contributed by atoms with van der Waals surface area (Å²) >= 11 is 6.05. The van der Waals surface area contributed by atoms with Crippen LogP contribution in [0.25, 0.3) is 11.1 Å². The van der Waals surface area contributed by atoms with Gasteiger partial charge in [0, 0.05) is 47.6 Å². The lowest BCUT2D eigenvalue weighted by Crippen LogP contribution is -2.17. The summed E-state index contributed by atoms with van der Waals surface area (Å²) in [6, 6.07) is 11.5. The van der Waals surface area contributed by atoms with Crippen molar-refractivity contribution in [2.45, 2.75) is 19.4 Å². The first kappa shape index (κ1) is 22.4. The van der Waals surface area contributed by atoms with E-state index in [4.69, 9.17) is 16.6 Å². The number of aliphatic imine (C=N–C) groups is 1. The molecule has 0 fully saturated rings. The van der Waals surface area contributed by atoms with Crippen molar-refractivity contribution in [2.75, 3.05) is 6.54 Å². The molecule has 0 bridgehead atoms. The lowest BCUT2D eigenvalue weighted by atomic mass is 9.90. The van der Waals surface area contributed by atoms with E-state index < -0.39 is 16.7 Å². The van der Waals surface area contributed by atoms with Crippen LogP contribution in [0.5, 0.6) is 0 Å². The number of thiol groups is 1. The van der Waals surface area contributed by atoms with Crippen molar-refractivity contribution in [3.8, 4) is 11.1 Å². The second kappa shape index (κ2) is 8.97. The first-order chi connectivity index (χ1) is 15.2. The third-order valence-corrected chi connectivity index (χ3v) is 6.25. The number of rotatable bonds is 5. The highest BCUT2D eigenvalue weighted by molar-refractivity contribution is 7.70. The Labute approximate surface area is 191 Å². The van der Waals surface area contributed by atoms with Gasteiger partial charge < -0.3 is 4.57 Å². The molecule has 9 heteroatoms. The second-order valence-electron chi connectivity index (χ2n) is 7.66. The first-order valence-corrected chi connectivity index (χ1v) is 11.6. The number of hydrogen-bond acceptors (Lipinski definition) is 4. The smallest absolute Gasteiger partial charge is 0.250 e. The SMILES string of the molecule is C[C@@H]1N=C(c2ccc(Cl)cc2)c2cc(F)c(CCN[SH](=O)=O)cc2-c2cn(C)c(=O)cc21. The summed E-state index contributed by atoms with van der Waals surface area (Å²) in [7, 11) is -1.09. The van der Waals surface area contributed by atoms with Gasteiger partial charge in [0.15, 0.2) is 0 Å². The quantitative estimate of drug-likeness (QED) is 0.557. The molecule has 166 valence electrons. The molecule has 2 heterocycles. The van der Waals surface area contributed by atoms with Crippen LogP contribution in [0.1, 0.15) is 35.2 Å². The summed E-state index contributed by atoms with van der Waals surface area (Å²) in [5.74, 6) is -0.450. The lowest BCUT2D eigenvalue weighted by Gasteiger charge is -2.15. The van der Waals surface area contributed by atoms with Crippen LogP contribution in [0.2, 0.25) is 5.02 Å². The zero-order valence-corrected chi connectivity index (χ0v) is 19.1. The fraction of sp³-hybridized carbons (Fsp3) is 0.217. The van der Waals surface area contributed by atoms with Crippen molar-refractivity contribution in [2.24, 2.45) is 12.0 Å². The van der Waals surface area contributed by atoms with Crippen LogP contribution in [0.15, 0.2) is 58.4 Å². The fourth-order valence-corrected chi connectivity index (χ4v) is 4.32. The highest BCUT2D eigenvalue weighted by Gasteiger charge is 2.25. The van der Waals surface area contributed by atoms with Crippen LogP contribution < -0.4 is 10.3 Å². The minimum Gasteiger partial charge on any atom is -0.318 e. The molecule has 4 rings (SSSR count). The van der Waals surface area contributed by atoms with Crippen LogP contribution in [0, 0.1) is 5.82 Å². The molecule has 0 spiro atoms. The van der Waals surface area contributed by atoms with Crippen molar-refractivity contribution < 1.29 is 12.8 Å². The highest BCUT2D eigenvalue weighted by Crippen LogP contribution is 2.38. The number of nitrogens with one attached hydrogen (secondary N) is 1. The Hall–Kier alpha value is -2.81. The number of hydrogen-bond donors (Lipinski definition) is 2. The van der Waals surface area contributed by atoms with E-state index >= 15 is 4.39 Å². The van der Waals surface area contributed by atoms with Gasteiger partial charge >= 0.3 is 0 Å². The molecule has 1 aliphatic heterocycles. The molecule has 3 aromatic rings. The Morgan fingerprint density at radius 1 is 1.12 bits per heavy atom. The summed E-state index contributed by atoms with van der Waals surface area (Å²) in [6.07, 6.45) is 1.92. The Kier molecular flexibility index (Phi) is 6.28. The van der Waals surface area contributed by atoms with Gasteiger partial charge in [0.25, 0.3) is 5.56 Å². The van der Waals surface area contributed by atoms with E-state index in [9.17, 15) is 13.2 Å². The van der Waals surface area contributed by atoms with E-state index in [1.165, 1.54) is 10.6 Å². The van der Waals surface area contributed by atoms with E-state index in [-0.39, 0.29) is 24.6 Å². The predicted molar refractivity (Wildman–Crippen MR) is 125 cm³/mol. The third-order valence-electron chi connectivity index (χ3n) is 5.52. The molecule has 0 amide bonds. The molecule has 0 radical (unpaired) electrons. The van der Waals surface area contributed by atoms with Crippen LogP contribution in [-0.4, -0.2) is 25.2 Å². The number of nitrogens with zero attached hydrogens (tertiary/aromatic N) is 2. The van der Waals surface area contributed by atoms with E-state index in [1.54, 1.807) is 37.5 Å². The largest absolute Gasteiger partial charge is 0.318 e. The van der Waals surface area contributed by atoms with E-state index in [0.717, 1.165) is 22.3 Å². The standard InChI is InChI=1S/C23H21ClFN3O3S/c1-13-17-11-22(29)28(2)12-20(17)18-9-15(7-8-26-32(30)31)21(25)10-19(18)23(27-13)14-3-5-16(24)6-4-14/h3-6,9-13,32H,7-8H2,1-2H3,(H,26,30,31)/t13-/m0/s1. The van der Waals surface area contributed by atoms with Gasteiger partial charge in [0.2, 0.25) is 10.9 Å². The maximum absolute atomic E-state index is 15.1. The number of benzene rings is 2. The summed E-state index contributed by atoms with van der Waals surface area (Å²) in [5.41, 5.74) is 4.45. The summed E-state index contributed by atoms with van der Waals surface area (Å²) < 4.78 is 40.5. The molecule has 2 aromatic carbocycles. The molecular formula is C23H21ClFN3O3S. The topological polar surface area (TPSA) is 80.5 Å². The van der Waals surface area contributed by atoms with Gasteiger partial charge in [0.1, 0.15) is 5.82 Å². The summed E-state index contributed by atoms with van der Waals surface area (Å²) in [4.78, 5) is 17.2. The molecule has 1 aliphatic rings. The Morgan fingerprint density at radius 2 is 1.84 bits per heavy atom. The van der Waals surface area contributed by atoms with Crippen molar-refractivity contribution in [1.82, 2.24) is 9.29 Å². The van der Waals surface area contributed by atoms with Gasteiger partial charge in [-0.1, -0.05) is 23.7 Å². The summed E-state index contributed by atoms with van der Waals surface area (Å²) in [6.45, 7) is 1.98. The van der Waals surface area contributed by atoms with E-state index in [2.05, 4.69) is 4.72 Å². The van der Waals surface area contributed by atoms with Crippen LogP contribution in [0.4, 0.5) is 4.39 Å². The molecule has 0 unspecified atom stereocenters. The van der Waals surface area contributed by atoms with Gasteiger partial charge in [0.05, 0.1) is 11.8 Å². The zero-order chi connectivity index (χ0) is 23.0. The molecule has 1 atom stereocenters. The minimum absolute atomic E-state index is 0.0864. The van der Waals surface area contributed by atoms with E-state index in [1.807, 2.05) is 19.1 Å². The molecule has 0 saturated carbocycles.